The van der Waals surface area contributed by atoms with Gasteiger partial charge in [0.05, 0.1) is 6.21 Å². The average molecular weight is 244 g/mol. The third kappa shape index (κ3) is 2.18. The Kier molecular flexibility index (Phi) is 3.52. The molecule has 18 heavy (non-hydrogen) atoms. The molecule has 94 valence electrons. The van der Waals surface area contributed by atoms with Crippen LogP contribution in [0.1, 0.15) is 31.4 Å². The predicted molar refractivity (Wildman–Crippen MR) is 72.7 cm³/mol. The first-order valence-electron chi connectivity index (χ1n) is 6.20. The molecule has 1 aliphatic rings. The lowest BCUT2D eigenvalue weighted by molar-refractivity contribution is -0.131. The maximum atomic E-state index is 12.1. The highest BCUT2D eigenvalue weighted by molar-refractivity contribution is 6.67. The number of hydrogen-bond acceptors (Lipinski definition) is 3. The van der Waals surface area contributed by atoms with Crippen molar-refractivity contribution in [3.63, 3.8) is 0 Å². The van der Waals surface area contributed by atoms with Gasteiger partial charge in [-0.2, -0.15) is 5.10 Å². The Hall–Kier alpha value is -1.62. The second-order valence-electron chi connectivity index (χ2n) is 4.74. The normalized spacial score (nSPS) is 15.6. The Morgan fingerprint density at radius 2 is 2.28 bits per heavy atom. The molecule has 1 aromatic carbocycles. The van der Waals surface area contributed by atoms with Crippen molar-refractivity contribution in [2.24, 2.45) is 11.0 Å². The van der Waals surface area contributed by atoms with E-state index in [1.807, 2.05) is 39.0 Å². The van der Waals surface area contributed by atoms with Gasteiger partial charge in [-0.3, -0.25) is 4.79 Å². The van der Waals surface area contributed by atoms with E-state index >= 15 is 0 Å². The lowest BCUT2D eigenvalue weighted by atomic mass is 9.69. The fraction of sp³-hybridized carbons (Fsp3) is 0.385. The number of hydrazone groups is 1. The molecule has 1 unspecified atom stereocenters. The summed E-state index contributed by atoms with van der Waals surface area (Å²) in [6.07, 6.45) is 2.37. The van der Waals surface area contributed by atoms with E-state index in [0.29, 0.717) is 0 Å². The molecule has 1 aliphatic heterocycles. The van der Waals surface area contributed by atoms with E-state index in [4.69, 9.17) is 0 Å². The lowest BCUT2D eigenvalue weighted by Crippen LogP contribution is -2.53. The largest absolute Gasteiger partial charge is 0.474 e. The third-order valence-corrected chi connectivity index (χ3v) is 3.33. The lowest BCUT2D eigenvalue weighted by Gasteiger charge is -2.27. The molecule has 1 heterocycles. The molecule has 0 bridgehead atoms. The van der Waals surface area contributed by atoms with Crippen molar-refractivity contribution in [3.8, 4) is 0 Å². The zero-order valence-electron chi connectivity index (χ0n) is 10.9. The van der Waals surface area contributed by atoms with E-state index in [1.54, 1.807) is 6.21 Å². The van der Waals surface area contributed by atoms with Crippen LogP contribution < -0.4 is 5.46 Å². The molecule has 2 rings (SSSR count). The van der Waals surface area contributed by atoms with Crippen LogP contribution in [0.15, 0.2) is 23.3 Å². The molecule has 4 nitrogen and oxygen atoms in total. The number of rotatable bonds is 2. The second-order valence-corrected chi connectivity index (χ2v) is 4.74. The van der Waals surface area contributed by atoms with Crippen LogP contribution in [0.2, 0.25) is 0 Å². The number of benzene rings is 1. The summed E-state index contributed by atoms with van der Waals surface area (Å²) in [5.41, 5.74) is 2.71. The van der Waals surface area contributed by atoms with Gasteiger partial charge in [0.25, 0.3) is 0 Å². The molecule has 0 saturated heterocycles. The minimum Gasteiger partial charge on any atom is -0.427 e. The number of fused-ring (bicyclic) bond motifs is 1. The highest BCUT2D eigenvalue weighted by Crippen LogP contribution is 2.13. The van der Waals surface area contributed by atoms with Gasteiger partial charge < -0.3 is 5.02 Å². The second kappa shape index (κ2) is 4.94. The van der Waals surface area contributed by atoms with E-state index in [2.05, 4.69) is 5.10 Å². The zero-order chi connectivity index (χ0) is 13.3. The highest BCUT2D eigenvalue weighted by atomic mass is 16.2. The zero-order valence-corrected chi connectivity index (χ0v) is 10.9. The number of hydrogen-bond donors (Lipinski definition) is 1. The van der Waals surface area contributed by atoms with Gasteiger partial charge in [0.15, 0.2) is 0 Å². The fourth-order valence-electron chi connectivity index (χ4n) is 1.94. The van der Waals surface area contributed by atoms with Crippen LogP contribution >= 0.6 is 0 Å². The number of amides is 1. The van der Waals surface area contributed by atoms with E-state index in [0.717, 1.165) is 23.0 Å². The number of aryl methyl sites for hydroxylation is 1. The van der Waals surface area contributed by atoms with Crippen LogP contribution in [0, 0.1) is 12.8 Å². The van der Waals surface area contributed by atoms with Gasteiger partial charge in [0.2, 0.25) is 5.91 Å². The van der Waals surface area contributed by atoms with Crippen LogP contribution in [0.5, 0.6) is 0 Å². The van der Waals surface area contributed by atoms with E-state index in [-0.39, 0.29) is 11.8 Å². The van der Waals surface area contributed by atoms with Crippen LogP contribution in [0.25, 0.3) is 0 Å². The molecule has 1 aromatic rings. The molecule has 0 aromatic heterocycles. The van der Waals surface area contributed by atoms with Crippen molar-refractivity contribution in [2.75, 3.05) is 0 Å². The summed E-state index contributed by atoms with van der Waals surface area (Å²) in [5, 5.41) is 14.3. The molecule has 0 radical (unpaired) electrons. The predicted octanol–water partition coefficient (Wildman–Crippen LogP) is 0.905. The van der Waals surface area contributed by atoms with Crippen molar-refractivity contribution < 1.29 is 9.82 Å². The number of carbonyl (C=O) groups excluding carboxylic acids is 1. The molecule has 0 aliphatic carbocycles. The first kappa shape index (κ1) is 12.8. The monoisotopic (exact) mass is 244 g/mol. The van der Waals surface area contributed by atoms with E-state index in [1.165, 1.54) is 4.92 Å². The molecule has 1 N–H and O–H groups in total. The minimum absolute atomic E-state index is 0.135. The maximum Gasteiger partial charge on any atom is 0.474 e. The number of nitrogens with zero attached hydrogens (tertiary/aromatic N) is 2. The molecular formula is C13H17BN2O2. The molecule has 1 amide bonds. The first-order chi connectivity index (χ1) is 8.54. The van der Waals surface area contributed by atoms with Crippen LogP contribution in [-0.4, -0.2) is 29.1 Å². The minimum atomic E-state index is -0.980. The molecule has 0 fully saturated rings. The summed E-state index contributed by atoms with van der Waals surface area (Å²) in [4.78, 5) is 13.2. The summed E-state index contributed by atoms with van der Waals surface area (Å²) < 4.78 is 0. The van der Waals surface area contributed by atoms with Gasteiger partial charge in [-0.1, -0.05) is 37.6 Å². The topological polar surface area (TPSA) is 52.9 Å². The van der Waals surface area contributed by atoms with Crippen molar-refractivity contribution in [3.05, 3.63) is 29.3 Å². The van der Waals surface area contributed by atoms with E-state index in [9.17, 15) is 9.82 Å². The van der Waals surface area contributed by atoms with Crippen LogP contribution in [0.4, 0.5) is 0 Å². The van der Waals surface area contributed by atoms with Crippen LogP contribution in [-0.2, 0) is 4.79 Å². The van der Waals surface area contributed by atoms with Gasteiger partial charge in [-0.05, 0) is 24.4 Å². The van der Waals surface area contributed by atoms with Gasteiger partial charge in [-0.25, -0.2) is 4.92 Å². The van der Waals surface area contributed by atoms with Gasteiger partial charge in [-0.15, -0.1) is 0 Å². The average Bonchev–Trinajstić information content (AvgIpc) is 2.37. The molecule has 1 atom stereocenters. The summed E-state index contributed by atoms with van der Waals surface area (Å²) in [6, 6.07) is 5.72. The molecular weight excluding hydrogens is 227 g/mol. The Balaban J connectivity index is 2.31. The molecule has 0 saturated carbocycles. The summed E-state index contributed by atoms with van der Waals surface area (Å²) in [6.45, 7) is 5.77. The van der Waals surface area contributed by atoms with Gasteiger partial charge >= 0.3 is 7.05 Å². The Morgan fingerprint density at radius 1 is 1.56 bits per heavy atom. The fourth-order valence-corrected chi connectivity index (χ4v) is 1.94. The Morgan fingerprint density at radius 3 is 2.94 bits per heavy atom. The first-order valence-corrected chi connectivity index (χ1v) is 6.20. The SMILES string of the molecule is CCC(C)C(=O)N1N=Cc2cc(C)ccc2B1O. The highest BCUT2D eigenvalue weighted by Gasteiger charge is 2.34. The third-order valence-electron chi connectivity index (χ3n) is 3.33. The standard InChI is InChI=1S/C13H17BN2O2/c1-4-10(3)13(17)16-14(18)12-6-5-9(2)7-11(12)8-15-16/h5-8,10,18H,4H2,1-3H3. The molecule has 5 heteroatoms. The van der Waals surface area contributed by atoms with Crippen molar-refractivity contribution >= 4 is 24.6 Å². The van der Waals surface area contributed by atoms with Crippen LogP contribution in [0.3, 0.4) is 0 Å². The molecule has 0 spiro atoms. The summed E-state index contributed by atoms with van der Waals surface area (Å²) >= 11 is 0. The van der Waals surface area contributed by atoms with Crippen molar-refractivity contribution in [1.82, 2.24) is 4.92 Å². The Labute approximate surface area is 107 Å². The summed E-state index contributed by atoms with van der Waals surface area (Å²) in [7, 11) is -0.980. The van der Waals surface area contributed by atoms with Gasteiger partial charge in [0.1, 0.15) is 0 Å². The summed E-state index contributed by atoms with van der Waals surface area (Å²) in [5.74, 6) is -0.281. The quantitative estimate of drug-likeness (QED) is 0.786. The van der Waals surface area contributed by atoms with E-state index < -0.39 is 7.05 Å². The smallest absolute Gasteiger partial charge is 0.427 e. The maximum absolute atomic E-state index is 12.1. The van der Waals surface area contributed by atoms with Gasteiger partial charge in [0, 0.05) is 5.92 Å². The number of carbonyl (C=O) groups is 1. The van der Waals surface area contributed by atoms with Crippen molar-refractivity contribution in [2.45, 2.75) is 27.2 Å². The van der Waals surface area contributed by atoms with Crippen molar-refractivity contribution in [1.29, 1.82) is 0 Å². The Bertz CT molecular complexity index is 502.